The zero-order chi connectivity index (χ0) is 19.3. The highest BCUT2D eigenvalue weighted by Crippen LogP contribution is 2.39. The van der Waals surface area contributed by atoms with Gasteiger partial charge in [-0.3, -0.25) is 9.48 Å². The number of amides is 1. The van der Waals surface area contributed by atoms with Crippen molar-refractivity contribution in [1.82, 2.24) is 24.8 Å². The summed E-state index contributed by atoms with van der Waals surface area (Å²) in [5, 5.41) is 8.30. The monoisotopic (exact) mass is 379 g/mol. The van der Waals surface area contributed by atoms with E-state index < -0.39 is 0 Å². The van der Waals surface area contributed by atoms with Crippen LogP contribution < -0.4 is 4.74 Å². The van der Waals surface area contributed by atoms with Crippen molar-refractivity contribution in [3.8, 4) is 17.1 Å². The average Bonchev–Trinajstić information content (AvgIpc) is 3.30. The third-order valence-electron chi connectivity index (χ3n) is 5.25. The molecule has 1 aliphatic heterocycles. The number of ether oxygens (including phenoxy) is 1. The smallest absolute Gasteiger partial charge is 0.274 e. The second kappa shape index (κ2) is 6.47. The Morgan fingerprint density at radius 3 is 2.61 bits per heavy atom. The van der Waals surface area contributed by atoms with Crippen LogP contribution in [0.1, 0.15) is 40.8 Å². The molecule has 3 heterocycles. The van der Waals surface area contributed by atoms with Crippen molar-refractivity contribution in [2.24, 2.45) is 7.05 Å². The molecular formula is C20H21N5O3. The Bertz CT molecular complexity index is 993. The van der Waals surface area contributed by atoms with Gasteiger partial charge in [-0.2, -0.15) is 10.1 Å². The number of hydrogen-bond donors (Lipinski definition) is 0. The van der Waals surface area contributed by atoms with E-state index in [-0.39, 0.29) is 12.0 Å². The Balaban J connectivity index is 1.17. The lowest BCUT2D eigenvalue weighted by Crippen LogP contribution is -2.56. The summed E-state index contributed by atoms with van der Waals surface area (Å²) in [7, 11) is 1.83. The van der Waals surface area contributed by atoms with Gasteiger partial charge in [-0.1, -0.05) is 5.16 Å². The highest BCUT2D eigenvalue weighted by Gasteiger charge is 2.34. The minimum absolute atomic E-state index is 0.00810. The van der Waals surface area contributed by atoms with E-state index in [9.17, 15) is 4.79 Å². The van der Waals surface area contributed by atoms with Crippen LogP contribution in [0.15, 0.2) is 34.9 Å². The van der Waals surface area contributed by atoms with Crippen molar-refractivity contribution in [2.75, 3.05) is 13.1 Å². The maximum atomic E-state index is 12.4. The summed E-state index contributed by atoms with van der Waals surface area (Å²) in [5.74, 6) is 2.50. The van der Waals surface area contributed by atoms with E-state index >= 15 is 0 Å². The highest BCUT2D eigenvalue weighted by atomic mass is 16.5. The number of rotatable bonds is 5. The highest BCUT2D eigenvalue weighted by molar-refractivity contribution is 5.93. The summed E-state index contributed by atoms with van der Waals surface area (Å²) in [6, 6.07) is 9.45. The van der Waals surface area contributed by atoms with Crippen LogP contribution >= 0.6 is 0 Å². The first-order valence-corrected chi connectivity index (χ1v) is 9.47. The van der Waals surface area contributed by atoms with Crippen LogP contribution in [0.3, 0.4) is 0 Å². The zero-order valence-electron chi connectivity index (χ0n) is 15.8. The Hall–Kier alpha value is -3.16. The molecule has 1 saturated carbocycles. The molecule has 0 bridgehead atoms. The molecule has 5 rings (SSSR count). The summed E-state index contributed by atoms with van der Waals surface area (Å²) in [4.78, 5) is 18.6. The van der Waals surface area contributed by atoms with Gasteiger partial charge < -0.3 is 14.2 Å². The molecule has 0 unspecified atom stereocenters. The molecule has 1 aromatic carbocycles. The van der Waals surface area contributed by atoms with E-state index in [1.807, 2.05) is 44.3 Å². The Morgan fingerprint density at radius 2 is 1.96 bits per heavy atom. The van der Waals surface area contributed by atoms with Gasteiger partial charge in [0.15, 0.2) is 5.69 Å². The number of likely N-dealkylation sites (tertiary alicyclic amines) is 1. The van der Waals surface area contributed by atoms with Gasteiger partial charge in [0.05, 0.1) is 13.1 Å². The molecule has 0 atom stereocenters. The molecule has 28 heavy (non-hydrogen) atoms. The van der Waals surface area contributed by atoms with Crippen molar-refractivity contribution < 1.29 is 14.1 Å². The fourth-order valence-corrected chi connectivity index (χ4v) is 3.23. The fourth-order valence-electron chi connectivity index (χ4n) is 3.23. The van der Waals surface area contributed by atoms with Gasteiger partial charge in [-0.05, 0) is 50.1 Å². The van der Waals surface area contributed by atoms with Crippen LogP contribution in [0.25, 0.3) is 11.4 Å². The number of aryl methyl sites for hydroxylation is 2. The Labute approximate surface area is 162 Å². The standard InChI is InChI=1S/C20H21N5O3/c1-12-9-17(22-24(12)2)20(26)25-10-16(11-25)27-15-7-5-13(6-8-15)18-21-19(28-23-18)14-3-4-14/h5-9,14,16H,3-4,10-11H2,1-2H3. The quantitative estimate of drug-likeness (QED) is 0.677. The molecule has 0 radical (unpaired) electrons. The largest absolute Gasteiger partial charge is 0.487 e. The van der Waals surface area contributed by atoms with E-state index in [1.165, 1.54) is 0 Å². The molecule has 8 nitrogen and oxygen atoms in total. The third kappa shape index (κ3) is 3.15. The predicted octanol–water partition coefficient (Wildman–Crippen LogP) is 2.56. The lowest BCUT2D eigenvalue weighted by molar-refractivity contribution is 0.0173. The van der Waals surface area contributed by atoms with E-state index in [0.717, 1.165) is 35.7 Å². The summed E-state index contributed by atoms with van der Waals surface area (Å²) in [5.41, 5.74) is 2.34. The topological polar surface area (TPSA) is 86.3 Å². The molecular weight excluding hydrogens is 358 g/mol. The van der Waals surface area contributed by atoms with E-state index in [0.29, 0.717) is 30.5 Å². The van der Waals surface area contributed by atoms with E-state index in [1.54, 1.807) is 9.58 Å². The molecule has 144 valence electrons. The van der Waals surface area contributed by atoms with Crippen molar-refractivity contribution in [2.45, 2.75) is 31.8 Å². The zero-order valence-corrected chi connectivity index (χ0v) is 15.8. The van der Waals surface area contributed by atoms with Gasteiger partial charge in [0, 0.05) is 24.2 Å². The van der Waals surface area contributed by atoms with Gasteiger partial charge >= 0.3 is 0 Å². The minimum atomic E-state index is -0.0533. The van der Waals surface area contributed by atoms with Gasteiger partial charge in [0.1, 0.15) is 11.9 Å². The summed E-state index contributed by atoms with van der Waals surface area (Å²) < 4.78 is 13.0. The molecule has 3 aromatic rings. The number of nitrogens with zero attached hydrogens (tertiary/aromatic N) is 5. The maximum Gasteiger partial charge on any atom is 0.274 e. The molecule has 0 N–H and O–H groups in total. The van der Waals surface area contributed by atoms with Crippen LogP contribution in [0.5, 0.6) is 5.75 Å². The lowest BCUT2D eigenvalue weighted by atomic mass is 10.1. The maximum absolute atomic E-state index is 12.4. The second-order valence-corrected chi connectivity index (χ2v) is 7.50. The fraction of sp³-hybridized carbons (Fsp3) is 0.400. The molecule has 1 amide bonds. The third-order valence-corrected chi connectivity index (χ3v) is 5.25. The van der Waals surface area contributed by atoms with Crippen molar-refractivity contribution in [3.05, 3.63) is 47.6 Å². The number of carbonyl (C=O) groups excluding carboxylic acids is 1. The lowest BCUT2D eigenvalue weighted by Gasteiger charge is -2.38. The van der Waals surface area contributed by atoms with Crippen LogP contribution in [0, 0.1) is 6.92 Å². The first kappa shape index (κ1) is 17.0. The van der Waals surface area contributed by atoms with E-state index in [2.05, 4.69) is 15.2 Å². The first-order chi connectivity index (χ1) is 13.6. The molecule has 1 saturated heterocycles. The summed E-state index contributed by atoms with van der Waals surface area (Å²) in [6.07, 6.45) is 2.26. The predicted molar refractivity (Wildman–Crippen MR) is 100.0 cm³/mol. The van der Waals surface area contributed by atoms with Crippen LogP contribution in [0.2, 0.25) is 0 Å². The molecule has 0 spiro atoms. The van der Waals surface area contributed by atoms with E-state index in [4.69, 9.17) is 9.26 Å². The number of carbonyl (C=O) groups is 1. The molecule has 8 heteroatoms. The molecule has 2 aliphatic rings. The van der Waals surface area contributed by atoms with Crippen molar-refractivity contribution >= 4 is 5.91 Å². The van der Waals surface area contributed by atoms with Crippen molar-refractivity contribution in [3.63, 3.8) is 0 Å². The van der Waals surface area contributed by atoms with Gasteiger partial charge in [-0.25, -0.2) is 0 Å². The second-order valence-electron chi connectivity index (χ2n) is 7.50. The number of benzene rings is 1. The first-order valence-electron chi connectivity index (χ1n) is 9.47. The summed E-state index contributed by atoms with van der Waals surface area (Å²) in [6.45, 7) is 3.05. The van der Waals surface area contributed by atoms with Crippen molar-refractivity contribution in [1.29, 1.82) is 0 Å². The average molecular weight is 379 g/mol. The molecule has 2 fully saturated rings. The van der Waals surface area contributed by atoms with Gasteiger partial charge in [0.25, 0.3) is 5.91 Å². The van der Waals surface area contributed by atoms with Gasteiger partial charge in [-0.15, -0.1) is 0 Å². The number of hydrogen-bond acceptors (Lipinski definition) is 6. The molecule has 2 aromatic heterocycles. The van der Waals surface area contributed by atoms with Gasteiger partial charge in [0.2, 0.25) is 11.7 Å². The molecule has 1 aliphatic carbocycles. The van der Waals surface area contributed by atoms with Crippen LogP contribution in [-0.4, -0.2) is 49.9 Å². The Kier molecular flexibility index (Phi) is 3.92. The minimum Gasteiger partial charge on any atom is -0.487 e. The normalized spacial score (nSPS) is 16.9. The van der Waals surface area contributed by atoms with Crippen LogP contribution in [0.4, 0.5) is 0 Å². The number of aromatic nitrogens is 4. The Morgan fingerprint density at radius 1 is 1.21 bits per heavy atom. The summed E-state index contributed by atoms with van der Waals surface area (Å²) >= 11 is 0. The SMILES string of the molecule is Cc1cc(C(=O)N2CC(Oc3ccc(-c4noc(C5CC5)n4)cc3)C2)nn1C. The van der Waals surface area contributed by atoms with Crippen LogP contribution in [-0.2, 0) is 7.05 Å².